The van der Waals surface area contributed by atoms with E-state index in [4.69, 9.17) is 4.42 Å². The van der Waals surface area contributed by atoms with Crippen LogP contribution in [0.15, 0.2) is 22.8 Å². The van der Waals surface area contributed by atoms with Crippen LogP contribution in [0.1, 0.15) is 44.4 Å². The van der Waals surface area contributed by atoms with Crippen LogP contribution in [0.2, 0.25) is 0 Å². The Morgan fingerprint density at radius 3 is 2.94 bits per heavy atom. The predicted molar refractivity (Wildman–Crippen MR) is 62.0 cm³/mol. The number of hydrogen-bond acceptors (Lipinski definition) is 2. The summed E-state index contributed by atoms with van der Waals surface area (Å²) < 4.78 is 31.6. The highest BCUT2D eigenvalue weighted by molar-refractivity contribution is 5.05. The van der Waals surface area contributed by atoms with Crippen molar-refractivity contribution < 1.29 is 13.2 Å². The molecular weight excluding hydrogens is 224 g/mol. The molecule has 2 unspecified atom stereocenters. The molecule has 4 heteroatoms. The van der Waals surface area contributed by atoms with E-state index in [-0.39, 0.29) is 24.8 Å². The van der Waals surface area contributed by atoms with Crippen LogP contribution in [0, 0.1) is 5.92 Å². The van der Waals surface area contributed by atoms with Gasteiger partial charge in [-0.1, -0.05) is 6.92 Å². The number of furan rings is 1. The summed E-state index contributed by atoms with van der Waals surface area (Å²) in [5.74, 6) is -1.51. The third-order valence-corrected chi connectivity index (χ3v) is 3.41. The molecule has 1 N–H and O–H groups in total. The highest BCUT2D eigenvalue weighted by atomic mass is 19.3. The quantitative estimate of drug-likeness (QED) is 0.851. The van der Waals surface area contributed by atoms with E-state index in [1.807, 2.05) is 19.1 Å². The molecule has 0 bridgehead atoms. The van der Waals surface area contributed by atoms with Gasteiger partial charge in [0.15, 0.2) is 0 Å². The van der Waals surface area contributed by atoms with Gasteiger partial charge in [-0.25, -0.2) is 8.78 Å². The molecule has 1 saturated carbocycles. The molecule has 17 heavy (non-hydrogen) atoms. The maximum absolute atomic E-state index is 13.1. The zero-order chi connectivity index (χ0) is 12.3. The van der Waals surface area contributed by atoms with Crippen LogP contribution in [0.25, 0.3) is 0 Å². The van der Waals surface area contributed by atoms with Crippen LogP contribution in [0.3, 0.4) is 0 Å². The van der Waals surface area contributed by atoms with Crippen LogP contribution in [-0.4, -0.2) is 12.5 Å². The lowest BCUT2D eigenvalue weighted by Gasteiger charge is -2.19. The van der Waals surface area contributed by atoms with Crippen molar-refractivity contribution in [3.05, 3.63) is 24.2 Å². The summed E-state index contributed by atoms with van der Waals surface area (Å²) >= 11 is 0. The lowest BCUT2D eigenvalue weighted by atomic mass is 9.96. The molecule has 1 aromatic rings. The fourth-order valence-electron chi connectivity index (χ4n) is 2.61. The van der Waals surface area contributed by atoms with Crippen LogP contribution in [0.4, 0.5) is 8.78 Å². The van der Waals surface area contributed by atoms with Gasteiger partial charge in [0.25, 0.3) is 0 Å². The van der Waals surface area contributed by atoms with Crippen LogP contribution >= 0.6 is 0 Å². The van der Waals surface area contributed by atoms with E-state index >= 15 is 0 Å². The molecule has 1 aliphatic rings. The van der Waals surface area contributed by atoms with Gasteiger partial charge >= 0.3 is 0 Å². The normalized spacial score (nSPS) is 25.0. The Labute approximate surface area is 100 Å². The monoisotopic (exact) mass is 243 g/mol. The molecule has 2 nitrogen and oxygen atoms in total. The summed E-state index contributed by atoms with van der Waals surface area (Å²) in [6.07, 6.45) is 3.04. The van der Waals surface area contributed by atoms with E-state index in [1.165, 1.54) is 0 Å². The lowest BCUT2D eigenvalue weighted by molar-refractivity contribution is 0.00421. The molecule has 0 aromatic carbocycles. The maximum Gasteiger partial charge on any atom is 0.248 e. The molecule has 0 aliphatic heterocycles. The third kappa shape index (κ3) is 3.28. The molecule has 2 atom stereocenters. The summed E-state index contributed by atoms with van der Waals surface area (Å²) in [6, 6.07) is 3.80. The molecule has 0 spiro atoms. The molecule has 96 valence electrons. The summed E-state index contributed by atoms with van der Waals surface area (Å²) in [7, 11) is 0. The summed E-state index contributed by atoms with van der Waals surface area (Å²) in [5, 5.41) is 3.30. The first-order valence-corrected chi connectivity index (χ1v) is 6.25. The zero-order valence-electron chi connectivity index (χ0n) is 10.1. The number of alkyl halides is 2. The second-order valence-electron chi connectivity index (χ2n) is 4.83. The summed E-state index contributed by atoms with van der Waals surface area (Å²) in [4.78, 5) is 0. The van der Waals surface area contributed by atoms with E-state index in [9.17, 15) is 8.78 Å². The average molecular weight is 243 g/mol. The van der Waals surface area contributed by atoms with Crippen LogP contribution in [0.5, 0.6) is 0 Å². The standard InChI is InChI=1S/C13H19F2NO/c1-2-16-11(12-4-3-7-17-12)8-10-5-6-13(14,15)9-10/h3-4,7,10-11,16H,2,5-6,8-9H2,1H3. The van der Waals surface area contributed by atoms with E-state index in [2.05, 4.69) is 5.32 Å². The second-order valence-corrected chi connectivity index (χ2v) is 4.83. The number of hydrogen-bond donors (Lipinski definition) is 1. The van der Waals surface area contributed by atoms with Crippen LogP contribution in [-0.2, 0) is 0 Å². The highest BCUT2D eigenvalue weighted by Crippen LogP contribution is 2.42. The van der Waals surface area contributed by atoms with Crippen molar-refractivity contribution in [2.24, 2.45) is 5.92 Å². The first-order chi connectivity index (χ1) is 8.11. The van der Waals surface area contributed by atoms with Gasteiger partial charge in [0.1, 0.15) is 5.76 Å². The lowest BCUT2D eigenvalue weighted by Crippen LogP contribution is -2.23. The van der Waals surface area contributed by atoms with Crippen molar-refractivity contribution >= 4 is 0 Å². The first-order valence-electron chi connectivity index (χ1n) is 6.25. The van der Waals surface area contributed by atoms with Crippen molar-refractivity contribution in [1.82, 2.24) is 5.32 Å². The molecule has 0 saturated heterocycles. The predicted octanol–water partition coefficient (Wildman–Crippen LogP) is 3.76. The molecule has 1 heterocycles. The minimum absolute atomic E-state index is 0.0234. The van der Waals surface area contributed by atoms with E-state index in [0.717, 1.165) is 18.7 Å². The Morgan fingerprint density at radius 2 is 2.41 bits per heavy atom. The highest BCUT2D eigenvalue weighted by Gasteiger charge is 2.40. The minimum atomic E-state index is -2.45. The topological polar surface area (TPSA) is 25.2 Å². The van der Waals surface area contributed by atoms with Gasteiger partial charge in [0.2, 0.25) is 5.92 Å². The number of nitrogens with one attached hydrogen (secondary N) is 1. The Bertz CT molecular complexity index is 337. The fourth-order valence-corrected chi connectivity index (χ4v) is 2.61. The SMILES string of the molecule is CCNC(CC1CCC(F)(F)C1)c1ccco1. The van der Waals surface area contributed by atoms with Gasteiger partial charge in [0.05, 0.1) is 12.3 Å². The summed E-state index contributed by atoms with van der Waals surface area (Å²) in [5.41, 5.74) is 0. The van der Waals surface area contributed by atoms with Crippen molar-refractivity contribution in [3.8, 4) is 0 Å². The maximum atomic E-state index is 13.1. The molecule has 0 radical (unpaired) electrons. The largest absolute Gasteiger partial charge is 0.468 e. The van der Waals surface area contributed by atoms with Gasteiger partial charge in [-0.05, 0) is 37.4 Å². The fraction of sp³-hybridized carbons (Fsp3) is 0.692. The molecule has 1 aliphatic carbocycles. The molecule has 0 amide bonds. The van der Waals surface area contributed by atoms with Crippen molar-refractivity contribution in [2.45, 2.75) is 44.6 Å². The molecule has 1 fully saturated rings. The minimum Gasteiger partial charge on any atom is -0.468 e. The molecule has 2 rings (SSSR count). The smallest absolute Gasteiger partial charge is 0.248 e. The Kier molecular flexibility index (Phi) is 3.82. The zero-order valence-corrected chi connectivity index (χ0v) is 10.1. The third-order valence-electron chi connectivity index (χ3n) is 3.41. The first kappa shape index (κ1) is 12.6. The van der Waals surface area contributed by atoms with Gasteiger partial charge in [-0.2, -0.15) is 0 Å². The summed E-state index contributed by atoms with van der Waals surface area (Å²) in [6.45, 7) is 2.83. The average Bonchev–Trinajstić information content (AvgIpc) is 2.87. The van der Waals surface area contributed by atoms with Gasteiger partial charge in [-0.15, -0.1) is 0 Å². The van der Waals surface area contributed by atoms with E-state index in [0.29, 0.717) is 6.42 Å². The molecule has 1 aromatic heterocycles. The second kappa shape index (κ2) is 5.17. The van der Waals surface area contributed by atoms with Crippen molar-refractivity contribution in [3.63, 3.8) is 0 Å². The van der Waals surface area contributed by atoms with Gasteiger partial charge < -0.3 is 9.73 Å². The van der Waals surface area contributed by atoms with Crippen molar-refractivity contribution in [2.75, 3.05) is 6.54 Å². The Hall–Kier alpha value is -0.900. The number of halogens is 2. The van der Waals surface area contributed by atoms with E-state index in [1.54, 1.807) is 6.26 Å². The Morgan fingerprint density at radius 1 is 1.59 bits per heavy atom. The van der Waals surface area contributed by atoms with Gasteiger partial charge in [0, 0.05) is 12.8 Å². The van der Waals surface area contributed by atoms with Crippen molar-refractivity contribution in [1.29, 1.82) is 0 Å². The van der Waals surface area contributed by atoms with Crippen LogP contribution < -0.4 is 5.32 Å². The Balaban J connectivity index is 1.95. The van der Waals surface area contributed by atoms with E-state index < -0.39 is 5.92 Å². The number of rotatable bonds is 5. The van der Waals surface area contributed by atoms with Gasteiger partial charge in [-0.3, -0.25) is 0 Å². The molecular formula is C13H19F2NO.